The fraction of sp³-hybridized carbons (Fsp3) is 0.0690. The predicted octanol–water partition coefficient (Wildman–Crippen LogP) is 5.44. The van der Waals surface area contributed by atoms with Crippen LogP contribution in [0.3, 0.4) is 0 Å². The zero-order valence-electron chi connectivity index (χ0n) is 18.2. The Morgan fingerprint density at radius 1 is 0.758 bits per heavy atom. The lowest BCUT2D eigenvalue weighted by Crippen LogP contribution is -2.37. The van der Waals surface area contributed by atoms with Gasteiger partial charge in [0.15, 0.2) is 12.4 Å². The minimum atomic E-state index is 0.0870. The molecule has 0 fully saturated rings. The van der Waals surface area contributed by atoms with Gasteiger partial charge < -0.3 is 0 Å². The normalized spacial score (nSPS) is 10.8. The number of aromatic nitrogens is 3. The van der Waals surface area contributed by atoms with Gasteiger partial charge in [-0.15, -0.1) is 0 Å². The number of hydrogen-bond donors (Lipinski definition) is 0. The second-order valence-corrected chi connectivity index (χ2v) is 7.99. The van der Waals surface area contributed by atoms with Gasteiger partial charge in [0.05, 0.1) is 17.8 Å². The minimum Gasteiger partial charge on any atom is -0.287 e. The number of hydrogen-bond acceptors (Lipinski definition) is 2. The number of benzene rings is 3. The third-order valence-electron chi connectivity index (χ3n) is 5.66. The maximum atomic E-state index is 12.6. The molecule has 5 aromatic rings. The summed E-state index contributed by atoms with van der Waals surface area (Å²) >= 11 is 0. The van der Waals surface area contributed by atoms with Gasteiger partial charge in [-0.2, -0.15) is 9.67 Å². The zero-order valence-corrected chi connectivity index (χ0v) is 18.2. The van der Waals surface area contributed by atoms with Crippen molar-refractivity contribution in [2.24, 2.45) is 0 Å². The molecule has 0 radical (unpaired) electrons. The number of carbonyl (C=O) groups excluding carboxylic acids is 1. The first-order valence-corrected chi connectivity index (χ1v) is 11.0. The van der Waals surface area contributed by atoms with Crippen LogP contribution >= 0.6 is 0 Å². The van der Waals surface area contributed by atoms with Crippen molar-refractivity contribution >= 4 is 5.78 Å². The van der Waals surface area contributed by atoms with E-state index >= 15 is 0 Å². The number of ketones is 1. The van der Waals surface area contributed by atoms with Crippen LogP contribution in [-0.4, -0.2) is 15.6 Å². The third-order valence-corrected chi connectivity index (χ3v) is 5.66. The first kappa shape index (κ1) is 20.6. The maximum absolute atomic E-state index is 12.6. The SMILES string of the molecule is O=C(C[n+]1cccc(-c2ccnn2Cc2cccc(-c3ccccc3)c2)c1)c1ccccc1. The number of carbonyl (C=O) groups is 1. The molecule has 5 rings (SSSR count). The average Bonchev–Trinajstić information content (AvgIpc) is 3.33. The lowest BCUT2D eigenvalue weighted by molar-refractivity contribution is -0.682. The highest BCUT2D eigenvalue weighted by molar-refractivity contribution is 5.94. The maximum Gasteiger partial charge on any atom is 0.227 e. The Bertz CT molecular complexity index is 1370. The molecular formula is C29H24N3O+. The van der Waals surface area contributed by atoms with E-state index in [0.717, 1.165) is 16.8 Å². The number of rotatable bonds is 7. The summed E-state index contributed by atoms with van der Waals surface area (Å²) in [5.41, 5.74) is 6.34. The predicted molar refractivity (Wildman–Crippen MR) is 130 cm³/mol. The molecule has 3 aromatic carbocycles. The highest BCUT2D eigenvalue weighted by Gasteiger charge is 2.15. The summed E-state index contributed by atoms with van der Waals surface area (Å²) in [6.07, 6.45) is 5.76. The molecule has 0 amide bonds. The highest BCUT2D eigenvalue weighted by Crippen LogP contribution is 2.22. The van der Waals surface area contributed by atoms with Gasteiger partial charge in [0.25, 0.3) is 0 Å². The molecule has 2 aromatic heterocycles. The Morgan fingerprint density at radius 2 is 1.48 bits per heavy atom. The van der Waals surface area contributed by atoms with Crippen LogP contribution < -0.4 is 4.57 Å². The Hall–Kier alpha value is -4.31. The van der Waals surface area contributed by atoms with E-state index in [-0.39, 0.29) is 5.78 Å². The summed E-state index contributed by atoms with van der Waals surface area (Å²) in [7, 11) is 0. The second kappa shape index (κ2) is 9.45. The summed E-state index contributed by atoms with van der Waals surface area (Å²) in [6, 6.07) is 34.4. The van der Waals surface area contributed by atoms with Gasteiger partial charge in [0.2, 0.25) is 12.3 Å². The van der Waals surface area contributed by atoms with E-state index in [1.807, 2.05) is 76.4 Å². The molecule has 0 saturated heterocycles. The van der Waals surface area contributed by atoms with Crippen molar-refractivity contribution in [2.75, 3.05) is 0 Å². The number of nitrogens with zero attached hydrogens (tertiary/aromatic N) is 3. The topological polar surface area (TPSA) is 38.8 Å². The van der Waals surface area contributed by atoms with Crippen molar-refractivity contribution in [3.63, 3.8) is 0 Å². The molecule has 0 unspecified atom stereocenters. The smallest absolute Gasteiger partial charge is 0.227 e. The number of Topliss-reactive ketones (excluding diaryl/α,β-unsaturated/α-hetero) is 1. The van der Waals surface area contributed by atoms with Gasteiger partial charge >= 0.3 is 0 Å². The molecule has 0 bridgehead atoms. The molecule has 0 aliphatic heterocycles. The fourth-order valence-electron chi connectivity index (χ4n) is 4.01. The zero-order chi connectivity index (χ0) is 22.5. The van der Waals surface area contributed by atoms with Gasteiger partial charge in [0, 0.05) is 17.8 Å². The largest absolute Gasteiger partial charge is 0.287 e. The summed E-state index contributed by atoms with van der Waals surface area (Å²) < 4.78 is 3.93. The molecular weight excluding hydrogens is 406 g/mol. The standard InChI is InChI=1S/C29H24N3O/c33-29(25-12-5-2-6-13-25)22-31-18-8-15-27(21-31)28-16-17-30-32(28)20-23-9-7-14-26(19-23)24-10-3-1-4-11-24/h1-19,21H,20,22H2/q+1. The van der Waals surface area contributed by atoms with Crippen molar-refractivity contribution in [2.45, 2.75) is 13.1 Å². The molecule has 4 nitrogen and oxygen atoms in total. The molecule has 0 spiro atoms. The van der Waals surface area contributed by atoms with E-state index in [9.17, 15) is 4.79 Å². The van der Waals surface area contributed by atoms with Gasteiger partial charge in [-0.05, 0) is 34.9 Å². The Labute approximate surface area is 193 Å². The molecule has 33 heavy (non-hydrogen) atoms. The van der Waals surface area contributed by atoms with E-state index in [0.29, 0.717) is 13.1 Å². The third kappa shape index (κ3) is 4.80. The Kier molecular flexibility index (Phi) is 5.89. The van der Waals surface area contributed by atoms with E-state index in [1.54, 1.807) is 0 Å². The van der Waals surface area contributed by atoms with E-state index in [1.165, 1.54) is 16.7 Å². The van der Waals surface area contributed by atoms with Crippen LogP contribution in [0, 0.1) is 0 Å². The van der Waals surface area contributed by atoms with Gasteiger partial charge in [0.1, 0.15) is 0 Å². The van der Waals surface area contributed by atoms with Crippen LogP contribution in [0.2, 0.25) is 0 Å². The van der Waals surface area contributed by atoms with Gasteiger partial charge in [-0.3, -0.25) is 9.48 Å². The van der Waals surface area contributed by atoms with Crippen molar-refractivity contribution in [1.82, 2.24) is 9.78 Å². The molecule has 0 atom stereocenters. The molecule has 160 valence electrons. The minimum absolute atomic E-state index is 0.0870. The first-order chi connectivity index (χ1) is 16.3. The monoisotopic (exact) mass is 430 g/mol. The lowest BCUT2D eigenvalue weighted by Gasteiger charge is -2.09. The Morgan fingerprint density at radius 3 is 2.30 bits per heavy atom. The van der Waals surface area contributed by atoms with Gasteiger partial charge in [-0.1, -0.05) is 78.9 Å². The fourth-order valence-corrected chi connectivity index (χ4v) is 4.01. The van der Waals surface area contributed by atoms with Crippen molar-refractivity contribution < 1.29 is 9.36 Å². The average molecular weight is 431 g/mol. The van der Waals surface area contributed by atoms with Crippen LogP contribution in [-0.2, 0) is 13.1 Å². The van der Waals surface area contributed by atoms with E-state index in [4.69, 9.17) is 0 Å². The van der Waals surface area contributed by atoms with Gasteiger partial charge in [-0.25, -0.2) is 0 Å². The van der Waals surface area contributed by atoms with E-state index in [2.05, 4.69) is 59.7 Å². The van der Waals surface area contributed by atoms with Crippen molar-refractivity contribution in [1.29, 1.82) is 0 Å². The molecule has 2 heterocycles. The van der Waals surface area contributed by atoms with Crippen LogP contribution in [0.1, 0.15) is 15.9 Å². The van der Waals surface area contributed by atoms with Crippen LogP contribution in [0.4, 0.5) is 0 Å². The Balaban J connectivity index is 1.37. The van der Waals surface area contributed by atoms with E-state index < -0.39 is 0 Å². The van der Waals surface area contributed by atoms with Crippen LogP contribution in [0.5, 0.6) is 0 Å². The summed E-state index contributed by atoms with van der Waals surface area (Å²) in [5, 5.41) is 4.57. The van der Waals surface area contributed by atoms with Crippen molar-refractivity contribution in [3.8, 4) is 22.4 Å². The van der Waals surface area contributed by atoms with Crippen molar-refractivity contribution in [3.05, 3.63) is 133 Å². The molecule has 4 heteroatoms. The van der Waals surface area contributed by atoms with Crippen LogP contribution in [0.25, 0.3) is 22.4 Å². The molecule has 0 N–H and O–H groups in total. The molecule has 0 aliphatic rings. The summed E-state index contributed by atoms with van der Waals surface area (Å²) in [4.78, 5) is 12.6. The first-order valence-electron chi connectivity index (χ1n) is 11.0. The number of pyridine rings is 1. The molecule has 0 saturated carbocycles. The quantitative estimate of drug-likeness (QED) is 0.255. The second-order valence-electron chi connectivity index (χ2n) is 7.99. The summed E-state index contributed by atoms with van der Waals surface area (Å²) in [5.74, 6) is 0.0870. The highest BCUT2D eigenvalue weighted by atomic mass is 16.1. The molecule has 0 aliphatic carbocycles. The lowest BCUT2D eigenvalue weighted by atomic mass is 10.0. The summed E-state index contributed by atoms with van der Waals surface area (Å²) in [6.45, 7) is 0.964. The van der Waals surface area contributed by atoms with Crippen LogP contribution in [0.15, 0.2) is 122 Å².